The summed E-state index contributed by atoms with van der Waals surface area (Å²) < 4.78 is 4.88. The molecule has 0 spiro atoms. The van der Waals surface area contributed by atoms with Gasteiger partial charge in [-0.1, -0.05) is 30.3 Å². The van der Waals surface area contributed by atoms with Crippen LogP contribution in [0.4, 0.5) is 11.4 Å². The summed E-state index contributed by atoms with van der Waals surface area (Å²) in [6.45, 7) is 1.36. The number of hydrogen-bond acceptors (Lipinski definition) is 7. The zero-order valence-corrected chi connectivity index (χ0v) is 15.5. The van der Waals surface area contributed by atoms with E-state index in [0.717, 1.165) is 11.0 Å². The number of para-hydroxylation sites is 1. The van der Waals surface area contributed by atoms with E-state index in [2.05, 4.69) is 0 Å². The Balaban J connectivity index is 1.93. The first-order chi connectivity index (χ1) is 13.8. The zero-order chi connectivity index (χ0) is 21.2. The number of carbonyl (C=O) groups excluding carboxylic acids is 3. The summed E-state index contributed by atoms with van der Waals surface area (Å²) in [7, 11) is 0. The molecule has 0 saturated heterocycles. The van der Waals surface area contributed by atoms with Crippen molar-refractivity contribution in [1.29, 1.82) is 0 Å². The van der Waals surface area contributed by atoms with Crippen molar-refractivity contribution in [1.82, 2.24) is 0 Å². The number of anilines is 1. The molecular formula is C20H18N2O7. The van der Waals surface area contributed by atoms with Gasteiger partial charge in [-0.3, -0.25) is 29.4 Å². The summed E-state index contributed by atoms with van der Waals surface area (Å²) in [4.78, 5) is 49.0. The Hall–Kier alpha value is -3.59. The molecule has 9 heteroatoms. The maximum Gasteiger partial charge on any atom is 0.326 e. The molecule has 0 fully saturated rings. The molecule has 9 nitrogen and oxygen atoms in total. The van der Waals surface area contributed by atoms with E-state index in [1.807, 2.05) is 0 Å². The van der Waals surface area contributed by atoms with Gasteiger partial charge in [0.05, 0.1) is 23.6 Å². The van der Waals surface area contributed by atoms with Crippen molar-refractivity contribution < 1.29 is 29.2 Å². The Labute approximate surface area is 165 Å². The molecule has 29 heavy (non-hydrogen) atoms. The smallest absolute Gasteiger partial charge is 0.326 e. The average Bonchev–Trinajstić information content (AvgIpc) is 2.90. The zero-order valence-electron chi connectivity index (χ0n) is 15.5. The summed E-state index contributed by atoms with van der Waals surface area (Å²) in [6.07, 6.45) is -0.622. The minimum Gasteiger partial charge on any atom is -0.465 e. The van der Waals surface area contributed by atoms with E-state index in [9.17, 15) is 29.6 Å². The van der Waals surface area contributed by atoms with Crippen LogP contribution in [-0.4, -0.2) is 40.8 Å². The van der Waals surface area contributed by atoms with Crippen LogP contribution in [0.15, 0.2) is 48.5 Å². The number of carbonyl (C=O) groups is 3. The van der Waals surface area contributed by atoms with Gasteiger partial charge in [-0.05, 0) is 13.0 Å². The van der Waals surface area contributed by atoms with Crippen LogP contribution in [0.25, 0.3) is 0 Å². The molecule has 1 N–H and O–H groups in total. The van der Waals surface area contributed by atoms with Gasteiger partial charge in [0, 0.05) is 23.3 Å². The molecule has 150 valence electrons. The van der Waals surface area contributed by atoms with Crippen molar-refractivity contribution in [3.63, 3.8) is 0 Å². The number of nitro groups is 1. The van der Waals surface area contributed by atoms with E-state index >= 15 is 0 Å². The lowest BCUT2D eigenvalue weighted by Crippen LogP contribution is -2.44. The van der Waals surface area contributed by atoms with Gasteiger partial charge in [-0.15, -0.1) is 0 Å². The number of ether oxygens (including phenoxy) is 1. The quantitative estimate of drug-likeness (QED) is 0.327. The topological polar surface area (TPSA) is 127 Å². The lowest BCUT2D eigenvalue weighted by Gasteiger charge is -2.22. The lowest BCUT2D eigenvalue weighted by molar-refractivity contribution is -0.384. The van der Waals surface area contributed by atoms with E-state index in [1.165, 1.54) is 24.3 Å². The molecule has 1 aliphatic heterocycles. The minimum absolute atomic E-state index is 0.00162. The number of aliphatic hydroxyl groups is 1. The normalized spacial score (nSPS) is 17.7. The van der Waals surface area contributed by atoms with Crippen LogP contribution < -0.4 is 4.90 Å². The molecule has 0 bridgehead atoms. The molecule has 0 radical (unpaired) electrons. The second-order valence-electron chi connectivity index (χ2n) is 6.48. The maximum atomic E-state index is 13.0. The second-order valence-corrected chi connectivity index (χ2v) is 6.48. The predicted molar refractivity (Wildman–Crippen MR) is 101 cm³/mol. The van der Waals surface area contributed by atoms with Crippen molar-refractivity contribution in [3.8, 4) is 0 Å². The number of rotatable bonds is 7. The van der Waals surface area contributed by atoms with Gasteiger partial charge < -0.3 is 9.84 Å². The van der Waals surface area contributed by atoms with Gasteiger partial charge in [-0.25, -0.2) is 0 Å². The molecule has 0 saturated carbocycles. The summed E-state index contributed by atoms with van der Waals surface area (Å²) in [5.41, 5.74) is -1.97. The van der Waals surface area contributed by atoms with Crippen LogP contribution in [0.2, 0.25) is 0 Å². The predicted octanol–water partition coefficient (Wildman–Crippen LogP) is 1.97. The molecule has 1 unspecified atom stereocenters. The minimum atomic E-state index is -2.19. The third kappa shape index (κ3) is 3.72. The first-order valence-electron chi connectivity index (χ1n) is 8.85. The summed E-state index contributed by atoms with van der Waals surface area (Å²) in [5, 5.41) is 22.1. The van der Waals surface area contributed by atoms with Gasteiger partial charge in [0.1, 0.15) is 6.54 Å². The van der Waals surface area contributed by atoms with Crippen LogP contribution in [0.1, 0.15) is 29.3 Å². The first kappa shape index (κ1) is 20.2. The van der Waals surface area contributed by atoms with Crippen molar-refractivity contribution in [3.05, 3.63) is 69.8 Å². The summed E-state index contributed by atoms with van der Waals surface area (Å²) in [5.74, 6) is -2.12. The molecule has 1 amide bonds. The molecular weight excluding hydrogens is 380 g/mol. The van der Waals surface area contributed by atoms with Gasteiger partial charge >= 0.3 is 5.97 Å². The molecule has 2 aromatic rings. The Morgan fingerprint density at radius 1 is 1.21 bits per heavy atom. The van der Waals surface area contributed by atoms with Crippen LogP contribution in [0.3, 0.4) is 0 Å². The molecule has 2 aromatic carbocycles. The number of hydrogen-bond donors (Lipinski definition) is 1. The monoisotopic (exact) mass is 398 g/mol. The van der Waals surface area contributed by atoms with Gasteiger partial charge in [0.25, 0.3) is 11.6 Å². The average molecular weight is 398 g/mol. The number of non-ortho nitro benzene ring substituents is 1. The van der Waals surface area contributed by atoms with Crippen molar-refractivity contribution in [2.45, 2.75) is 18.9 Å². The van der Waals surface area contributed by atoms with Gasteiger partial charge in [-0.2, -0.15) is 0 Å². The van der Waals surface area contributed by atoms with Crippen LogP contribution in [0.5, 0.6) is 0 Å². The van der Waals surface area contributed by atoms with Crippen molar-refractivity contribution in [2.75, 3.05) is 18.1 Å². The first-order valence-corrected chi connectivity index (χ1v) is 8.85. The Bertz CT molecular complexity index is 1000. The molecule has 0 aromatic heterocycles. The largest absolute Gasteiger partial charge is 0.465 e. The molecule has 1 aliphatic rings. The SMILES string of the molecule is CCOC(=O)CN1C(=O)C(O)(CC(=O)c2cccc([N+](=O)[O-])c2)c2ccccc21. The number of esters is 1. The summed E-state index contributed by atoms with van der Waals surface area (Å²) in [6, 6.07) is 11.4. The third-order valence-electron chi connectivity index (χ3n) is 4.63. The van der Waals surface area contributed by atoms with Crippen LogP contribution >= 0.6 is 0 Å². The van der Waals surface area contributed by atoms with E-state index < -0.39 is 41.1 Å². The number of nitrogens with zero attached hydrogens (tertiary/aromatic N) is 2. The Morgan fingerprint density at radius 2 is 1.93 bits per heavy atom. The standard InChI is InChI=1S/C20H18N2O7/c1-2-29-18(24)12-21-16-9-4-3-8-15(16)20(26,19(21)25)11-17(23)13-6-5-7-14(10-13)22(27)28/h3-10,26H,2,11-12H2,1H3. The number of amides is 1. The fourth-order valence-corrected chi connectivity index (χ4v) is 3.30. The highest BCUT2D eigenvalue weighted by atomic mass is 16.6. The number of ketones is 1. The van der Waals surface area contributed by atoms with Crippen molar-refractivity contribution in [2.24, 2.45) is 0 Å². The number of Topliss-reactive ketones (excluding diaryl/α,β-unsaturated/α-hetero) is 1. The Morgan fingerprint density at radius 3 is 2.62 bits per heavy atom. The van der Waals surface area contributed by atoms with Crippen LogP contribution in [-0.2, 0) is 19.9 Å². The highest BCUT2D eigenvalue weighted by Crippen LogP contribution is 2.42. The summed E-state index contributed by atoms with van der Waals surface area (Å²) >= 11 is 0. The van der Waals surface area contributed by atoms with Gasteiger partial charge in [0.2, 0.25) is 0 Å². The fourth-order valence-electron chi connectivity index (χ4n) is 3.30. The number of fused-ring (bicyclic) bond motifs is 1. The molecule has 3 rings (SSSR count). The van der Waals surface area contributed by atoms with Crippen LogP contribution in [0, 0.1) is 10.1 Å². The van der Waals surface area contributed by atoms with E-state index in [4.69, 9.17) is 4.74 Å². The maximum absolute atomic E-state index is 13.0. The fraction of sp³-hybridized carbons (Fsp3) is 0.250. The number of nitro benzene ring substituents is 1. The van der Waals surface area contributed by atoms with Gasteiger partial charge in [0.15, 0.2) is 11.4 Å². The van der Waals surface area contributed by atoms with E-state index in [1.54, 1.807) is 25.1 Å². The highest BCUT2D eigenvalue weighted by molar-refractivity contribution is 6.12. The van der Waals surface area contributed by atoms with Crippen molar-refractivity contribution >= 4 is 29.0 Å². The molecule has 1 heterocycles. The third-order valence-corrected chi connectivity index (χ3v) is 4.63. The molecule has 0 aliphatic carbocycles. The molecule has 1 atom stereocenters. The highest BCUT2D eigenvalue weighted by Gasteiger charge is 2.51. The van der Waals surface area contributed by atoms with E-state index in [0.29, 0.717) is 5.69 Å². The van der Waals surface area contributed by atoms with E-state index in [-0.39, 0.29) is 23.4 Å². The lowest BCUT2D eigenvalue weighted by atomic mass is 9.88. The second kappa shape index (κ2) is 7.80. The number of benzene rings is 2. The Kier molecular flexibility index (Phi) is 5.42.